The van der Waals surface area contributed by atoms with Gasteiger partial charge in [0.25, 0.3) is 0 Å². The number of hydrogen-bond acceptors (Lipinski definition) is 3. The van der Waals surface area contributed by atoms with Gasteiger partial charge in [-0.25, -0.2) is 12.8 Å². The number of hydrogen-bond donors (Lipinski definition) is 2. The van der Waals surface area contributed by atoms with Crippen LogP contribution in [0.2, 0.25) is 0 Å². The van der Waals surface area contributed by atoms with Crippen LogP contribution in [0.3, 0.4) is 0 Å². The second-order valence-electron chi connectivity index (χ2n) is 4.44. The first-order valence-corrected chi connectivity index (χ1v) is 8.49. The quantitative estimate of drug-likeness (QED) is 0.846. The molecule has 21 heavy (non-hydrogen) atoms. The third-order valence-corrected chi connectivity index (χ3v) is 4.64. The van der Waals surface area contributed by atoms with Crippen molar-refractivity contribution in [2.45, 2.75) is 12.4 Å². The van der Waals surface area contributed by atoms with Crippen LogP contribution in [0.15, 0.2) is 46.9 Å². The zero-order valence-corrected chi connectivity index (χ0v) is 13.3. The van der Waals surface area contributed by atoms with Gasteiger partial charge in [-0.15, -0.1) is 0 Å². The van der Waals surface area contributed by atoms with Crippen molar-refractivity contribution in [1.82, 2.24) is 0 Å². The lowest BCUT2D eigenvalue weighted by Crippen LogP contribution is -2.16. The lowest BCUT2D eigenvalue weighted by Gasteiger charge is -2.11. The van der Waals surface area contributed by atoms with Crippen molar-refractivity contribution in [3.05, 3.63) is 63.9 Å². The van der Waals surface area contributed by atoms with Gasteiger partial charge in [-0.2, -0.15) is 0 Å². The standard InChI is InChI=1S/C14H13BrFNO3S/c15-12-5-2-6-13(16)14(12)17-21(19,20)9-11-4-1-3-10(7-11)8-18/h1-7,17-18H,8-9H2. The van der Waals surface area contributed by atoms with Gasteiger partial charge in [-0.05, 0) is 39.2 Å². The molecule has 2 N–H and O–H groups in total. The van der Waals surface area contributed by atoms with Crippen LogP contribution >= 0.6 is 15.9 Å². The summed E-state index contributed by atoms with van der Waals surface area (Å²) in [4.78, 5) is 0. The van der Waals surface area contributed by atoms with Crippen molar-refractivity contribution in [2.24, 2.45) is 0 Å². The Balaban J connectivity index is 2.23. The number of benzene rings is 2. The summed E-state index contributed by atoms with van der Waals surface area (Å²) < 4.78 is 40.4. The van der Waals surface area contributed by atoms with Crippen LogP contribution in [-0.2, 0) is 22.4 Å². The SMILES string of the molecule is O=S(=O)(Cc1cccc(CO)c1)Nc1c(F)cccc1Br. The molecule has 0 aromatic heterocycles. The number of rotatable bonds is 5. The Morgan fingerprint density at radius 2 is 1.81 bits per heavy atom. The zero-order chi connectivity index (χ0) is 15.5. The van der Waals surface area contributed by atoms with Gasteiger partial charge in [0.2, 0.25) is 10.0 Å². The lowest BCUT2D eigenvalue weighted by atomic mass is 10.1. The summed E-state index contributed by atoms with van der Waals surface area (Å²) in [6, 6.07) is 10.8. The summed E-state index contributed by atoms with van der Waals surface area (Å²) in [5, 5.41) is 9.05. The molecule has 0 unspecified atom stereocenters. The Hall–Kier alpha value is -1.44. The summed E-state index contributed by atoms with van der Waals surface area (Å²) in [6.07, 6.45) is 0. The average molecular weight is 374 g/mol. The van der Waals surface area contributed by atoms with E-state index in [4.69, 9.17) is 5.11 Å². The van der Waals surface area contributed by atoms with Crippen LogP contribution in [0.4, 0.5) is 10.1 Å². The highest BCUT2D eigenvalue weighted by molar-refractivity contribution is 9.10. The number of sulfonamides is 1. The first kappa shape index (κ1) is 15.9. The van der Waals surface area contributed by atoms with Crippen LogP contribution in [0.25, 0.3) is 0 Å². The Labute approximate surface area is 130 Å². The molecule has 0 amide bonds. The molecule has 7 heteroatoms. The minimum atomic E-state index is -3.76. The highest BCUT2D eigenvalue weighted by atomic mass is 79.9. The van der Waals surface area contributed by atoms with Gasteiger partial charge in [-0.1, -0.05) is 30.3 Å². The molecule has 0 fully saturated rings. The second kappa shape index (κ2) is 6.55. The Kier molecular flexibility index (Phi) is 4.97. The van der Waals surface area contributed by atoms with Crippen LogP contribution in [-0.4, -0.2) is 13.5 Å². The molecule has 0 bridgehead atoms. The van der Waals surface area contributed by atoms with Crippen molar-refractivity contribution in [2.75, 3.05) is 4.72 Å². The Morgan fingerprint density at radius 1 is 1.14 bits per heavy atom. The summed E-state index contributed by atoms with van der Waals surface area (Å²) in [6.45, 7) is -0.166. The van der Waals surface area contributed by atoms with E-state index in [-0.39, 0.29) is 18.0 Å². The summed E-state index contributed by atoms with van der Waals surface area (Å²) in [7, 11) is -3.76. The fourth-order valence-corrected chi connectivity index (χ4v) is 3.61. The molecule has 2 aromatic carbocycles. The number of nitrogens with one attached hydrogen (secondary N) is 1. The number of halogens is 2. The fourth-order valence-electron chi connectivity index (χ4n) is 1.82. The maximum Gasteiger partial charge on any atom is 0.237 e. The molecule has 0 saturated carbocycles. The van der Waals surface area contributed by atoms with Gasteiger partial charge >= 0.3 is 0 Å². The molecule has 0 spiro atoms. The molecule has 0 aliphatic rings. The van der Waals surface area contributed by atoms with E-state index >= 15 is 0 Å². The molecule has 4 nitrogen and oxygen atoms in total. The molecule has 0 heterocycles. The largest absolute Gasteiger partial charge is 0.392 e. The predicted molar refractivity (Wildman–Crippen MR) is 82.7 cm³/mol. The normalized spacial score (nSPS) is 11.4. The molecular formula is C14H13BrFNO3S. The first-order chi connectivity index (χ1) is 9.91. The van der Waals surface area contributed by atoms with Crippen molar-refractivity contribution in [3.8, 4) is 0 Å². The third kappa shape index (κ3) is 4.26. The monoisotopic (exact) mass is 373 g/mol. The minimum Gasteiger partial charge on any atom is -0.392 e. The van der Waals surface area contributed by atoms with Crippen LogP contribution in [0.5, 0.6) is 0 Å². The van der Waals surface area contributed by atoms with Gasteiger partial charge < -0.3 is 5.11 Å². The van der Waals surface area contributed by atoms with E-state index in [1.807, 2.05) is 0 Å². The van der Waals surface area contributed by atoms with E-state index in [1.165, 1.54) is 12.1 Å². The van der Waals surface area contributed by atoms with Gasteiger partial charge in [-0.3, -0.25) is 4.72 Å². The number of para-hydroxylation sites is 1. The highest BCUT2D eigenvalue weighted by Crippen LogP contribution is 2.26. The lowest BCUT2D eigenvalue weighted by molar-refractivity contribution is 0.282. The number of aliphatic hydroxyl groups excluding tert-OH is 1. The van der Waals surface area contributed by atoms with Crippen molar-refractivity contribution < 1.29 is 17.9 Å². The predicted octanol–water partition coefficient (Wildman–Crippen LogP) is 3.02. The minimum absolute atomic E-state index is 0.115. The van der Waals surface area contributed by atoms with E-state index < -0.39 is 15.8 Å². The summed E-state index contributed by atoms with van der Waals surface area (Å²) >= 11 is 3.11. The Morgan fingerprint density at radius 3 is 2.48 bits per heavy atom. The molecule has 0 aliphatic heterocycles. The molecule has 112 valence electrons. The molecule has 0 atom stereocenters. The van der Waals surface area contributed by atoms with Crippen molar-refractivity contribution in [3.63, 3.8) is 0 Å². The molecular weight excluding hydrogens is 361 g/mol. The van der Waals surface area contributed by atoms with E-state index in [9.17, 15) is 12.8 Å². The van der Waals surface area contributed by atoms with Gasteiger partial charge in [0.05, 0.1) is 18.0 Å². The summed E-state index contributed by atoms with van der Waals surface area (Å²) in [5.74, 6) is -0.959. The maximum atomic E-state index is 13.6. The Bertz CT molecular complexity index is 729. The number of anilines is 1. The maximum absolute atomic E-state index is 13.6. The van der Waals surface area contributed by atoms with Crippen molar-refractivity contribution in [1.29, 1.82) is 0 Å². The molecule has 0 saturated heterocycles. The topological polar surface area (TPSA) is 66.4 Å². The van der Waals surface area contributed by atoms with E-state index in [1.54, 1.807) is 30.3 Å². The fraction of sp³-hybridized carbons (Fsp3) is 0.143. The van der Waals surface area contributed by atoms with Crippen LogP contribution in [0.1, 0.15) is 11.1 Å². The van der Waals surface area contributed by atoms with Crippen LogP contribution < -0.4 is 4.72 Å². The highest BCUT2D eigenvalue weighted by Gasteiger charge is 2.16. The molecule has 2 aromatic rings. The molecule has 2 rings (SSSR count). The van der Waals surface area contributed by atoms with Crippen LogP contribution in [0, 0.1) is 5.82 Å². The first-order valence-electron chi connectivity index (χ1n) is 6.04. The van der Waals surface area contributed by atoms with E-state index in [2.05, 4.69) is 20.7 Å². The van der Waals surface area contributed by atoms with E-state index in [0.717, 1.165) is 0 Å². The van der Waals surface area contributed by atoms with Crippen molar-refractivity contribution >= 4 is 31.6 Å². The van der Waals surface area contributed by atoms with Gasteiger partial charge in [0.1, 0.15) is 5.82 Å². The average Bonchev–Trinajstić information content (AvgIpc) is 2.43. The summed E-state index contributed by atoms with van der Waals surface area (Å²) in [5.41, 5.74) is 1.02. The molecule has 0 radical (unpaired) electrons. The van der Waals surface area contributed by atoms with Gasteiger partial charge in [0.15, 0.2) is 0 Å². The second-order valence-corrected chi connectivity index (χ2v) is 7.01. The third-order valence-electron chi connectivity index (χ3n) is 2.75. The molecule has 0 aliphatic carbocycles. The van der Waals surface area contributed by atoms with E-state index in [0.29, 0.717) is 15.6 Å². The zero-order valence-electron chi connectivity index (χ0n) is 10.9. The number of aliphatic hydroxyl groups is 1. The smallest absolute Gasteiger partial charge is 0.237 e. The van der Waals surface area contributed by atoms with Gasteiger partial charge in [0, 0.05) is 4.47 Å².